The molecule has 2 rings (SSSR count). The van der Waals surface area contributed by atoms with E-state index in [1.54, 1.807) is 23.3 Å². The lowest BCUT2D eigenvalue weighted by Gasteiger charge is -2.23. The van der Waals surface area contributed by atoms with Gasteiger partial charge in [0.2, 0.25) is 0 Å². The number of carbonyl (C=O) groups is 1. The number of thiazole rings is 1. The average Bonchev–Trinajstić information content (AvgIpc) is 2.42. The minimum atomic E-state index is -0.0319. The molecule has 1 amide bonds. The molecular weight excluding hydrogens is 184 g/mol. The van der Waals surface area contributed by atoms with Crippen molar-refractivity contribution in [3.05, 3.63) is 27.9 Å². The van der Waals surface area contributed by atoms with E-state index >= 15 is 0 Å². The van der Waals surface area contributed by atoms with E-state index in [1.807, 2.05) is 6.92 Å². The molecule has 0 aliphatic carbocycles. The maximum atomic E-state index is 11.6. The fourth-order valence-corrected chi connectivity index (χ4v) is 2.32. The van der Waals surface area contributed by atoms with Gasteiger partial charge < -0.3 is 4.90 Å². The SMILES string of the molecule is C=C1Cc2sc(C)nc2C(=O)N1C. The van der Waals surface area contributed by atoms with Crippen LogP contribution in [0.25, 0.3) is 0 Å². The molecule has 0 bridgehead atoms. The molecule has 13 heavy (non-hydrogen) atoms. The summed E-state index contributed by atoms with van der Waals surface area (Å²) in [6, 6.07) is 0. The van der Waals surface area contributed by atoms with Crippen molar-refractivity contribution < 1.29 is 4.79 Å². The van der Waals surface area contributed by atoms with Crippen molar-refractivity contribution in [2.24, 2.45) is 0 Å². The highest BCUT2D eigenvalue weighted by Crippen LogP contribution is 2.27. The van der Waals surface area contributed by atoms with E-state index < -0.39 is 0 Å². The normalized spacial score (nSPS) is 16.3. The van der Waals surface area contributed by atoms with Crippen LogP contribution in [0.2, 0.25) is 0 Å². The zero-order chi connectivity index (χ0) is 9.59. The van der Waals surface area contributed by atoms with E-state index in [2.05, 4.69) is 11.6 Å². The van der Waals surface area contributed by atoms with Crippen LogP contribution in [0.4, 0.5) is 0 Å². The second-order valence-electron chi connectivity index (χ2n) is 3.11. The molecule has 1 aromatic heterocycles. The van der Waals surface area contributed by atoms with Gasteiger partial charge in [-0.05, 0) is 6.92 Å². The van der Waals surface area contributed by atoms with Gasteiger partial charge in [-0.15, -0.1) is 11.3 Å². The molecule has 2 heterocycles. The quantitative estimate of drug-likeness (QED) is 0.628. The second-order valence-corrected chi connectivity index (χ2v) is 4.40. The van der Waals surface area contributed by atoms with Crippen LogP contribution >= 0.6 is 11.3 Å². The lowest BCUT2D eigenvalue weighted by Crippen LogP contribution is -2.31. The fourth-order valence-electron chi connectivity index (χ4n) is 1.36. The van der Waals surface area contributed by atoms with Crippen molar-refractivity contribution >= 4 is 17.2 Å². The Hall–Kier alpha value is -1.16. The standard InChI is InChI=1S/C9H10N2OS/c1-5-4-7-8(9(12)11(5)3)10-6(2)13-7/h1,4H2,2-3H3. The number of hydrogen-bond donors (Lipinski definition) is 0. The third kappa shape index (κ3) is 1.18. The molecule has 0 aromatic carbocycles. The Bertz CT molecular complexity index is 394. The maximum absolute atomic E-state index is 11.6. The highest BCUT2D eigenvalue weighted by molar-refractivity contribution is 7.11. The van der Waals surface area contributed by atoms with Crippen LogP contribution in [0.5, 0.6) is 0 Å². The molecule has 68 valence electrons. The third-order valence-electron chi connectivity index (χ3n) is 2.15. The van der Waals surface area contributed by atoms with Crippen molar-refractivity contribution in [3.8, 4) is 0 Å². The number of nitrogens with zero attached hydrogens (tertiary/aromatic N) is 2. The van der Waals surface area contributed by atoms with Crippen molar-refractivity contribution in [1.29, 1.82) is 0 Å². The van der Waals surface area contributed by atoms with Gasteiger partial charge in [0.1, 0.15) is 5.69 Å². The summed E-state index contributed by atoms with van der Waals surface area (Å²) in [5.74, 6) is -0.0319. The van der Waals surface area contributed by atoms with Crippen molar-refractivity contribution in [2.75, 3.05) is 7.05 Å². The van der Waals surface area contributed by atoms with E-state index in [0.717, 1.165) is 22.0 Å². The molecule has 0 spiro atoms. The van der Waals surface area contributed by atoms with Crippen LogP contribution in [0, 0.1) is 6.92 Å². The minimum Gasteiger partial charge on any atom is -0.314 e. The van der Waals surface area contributed by atoms with Gasteiger partial charge in [-0.25, -0.2) is 4.98 Å². The summed E-state index contributed by atoms with van der Waals surface area (Å²) in [6.45, 7) is 5.75. The Morgan fingerprint density at radius 3 is 3.00 bits per heavy atom. The first-order valence-electron chi connectivity index (χ1n) is 4.01. The first-order valence-corrected chi connectivity index (χ1v) is 4.83. The van der Waals surface area contributed by atoms with Gasteiger partial charge in [-0.3, -0.25) is 4.79 Å². The number of allylic oxidation sites excluding steroid dienone is 1. The molecule has 0 saturated heterocycles. The van der Waals surface area contributed by atoms with E-state index in [0.29, 0.717) is 5.69 Å². The van der Waals surface area contributed by atoms with Gasteiger partial charge in [0.15, 0.2) is 0 Å². The Balaban J connectivity index is 2.54. The summed E-state index contributed by atoms with van der Waals surface area (Å²) in [5.41, 5.74) is 1.46. The number of likely N-dealkylation sites (N-methyl/N-ethyl adjacent to an activating group) is 1. The van der Waals surface area contributed by atoms with Crippen LogP contribution < -0.4 is 0 Å². The summed E-state index contributed by atoms with van der Waals surface area (Å²) in [7, 11) is 1.74. The van der Waals surface area contributed by atoms with Gasteiger partial charge in [-0.1, -0.05) is 6.58 Å². The number of rotatable bonds is 0. The molecule has 0 radical (unpaired) electrons. The molecule has 4 heteroatoms. The molecule has 1 aliphatic heterocycles. The fraction of sp³-hybridized carbons (Fsp3) is 0.333. The van der Waals surface area contributed by atoms with Crippen LogP contribution in [0.3, 0.4) is 0 Å². The van der Waals surface area contributed by atoms with E-state index in [1.165, 1.54) is 0 Å². The van der Waals surface area contributed by atoms with Gasteiger partial charge in [0.25, 0.3) is 5.91 Å². The Morgan fingerprint density at radius 1 is 1.62 bits per heavy atom. The third-order valence-corrected chi connectivity index (χ3v) is 3.12. The summed E-state index contributed by atoms with van der Waals surface area (Å²) in [4.78, 5) is 18.5. The Kier molecular flexibility index (Phi) is 1.73. The largest absolute Gasteiger partial charge is 0.314 e. The number of aromatic nitrogens is 1. The van der Waals surface area contributed by atoms with Gasteiger partial charge in [0.05, 0.1) is 5.01 Å². The molecule has 0 saturated carbocycles. The number of hydrogen-bond acceptors (Lipinski definition) is 3. The summed E-state index contributed by atoms with van der Waals surface area (Å²) in [6.07, 6.45) is 0.753. The lowest BCUT2D eigenvalue weighted by atomic mass is 10.1. The zero-order valence-electron chi connectivity index (χ0n) is 7.63. The number of fused-ring (bicyclic) bond motifs is 1. The molecule has 0 fully saturated rings. The summed E-state index contributed by atoms with van der Waals surface area (Å²) in [5, 5.41) is 0.946. The number of aryl methyl sites for hydroxylation is 1. The predicted molar refractivity (Wildman–Crippen MR) is 51.8 cm³/mol. The number of amides is 1. The molecule has 1 aromatic rings. The summed E-state index contributed by atoms with van der Waals surface area (Å²) >= 11 is 1.58. The molecule has 0 N–H and O–H groups in total. The minimum absolute atomic E-state index is 0.0319. The van der Waals surface area contributed by atoms with E-state index in [4.69, 9.17) is 0 Å². The van der Waals surface area contributed by atoms with Crippen molar-refractivity contribution in [2.45, 2.75) is 13.3 Å². The van der Waals surface area contributed by atoms with Crippen LogP contribution in [0.1, 0.15) is 20.4 Å². The van der Waals surface area contributed by atoms with Crippen molar-refractivity contribution in [3.63, 3.8) is 0 Å². The highest BCUT2D eigenvalue weighted by atomic mass is 32.1. The lowest BCUT2D eigenvalue weighted by molar-refractivity contribution is 0.0818. The van der Waals surface area contributed by atoms with Crippen molar-refractivity contribution in [1.82, 2.24) is 9.88 Å². The predicted octanol–water partition coefficient (Wildman–Crippen LogP) is 1.59. The molecule has 1 aliphatic rings. The smallest absolute Gasteiger partial charge is 0.277 e. The monoisotopic (exact) mass is 194 g/mol. The Labute approximate surface area is 80.7 Å². The topological polar surface area (TPSA) is 33.2 Å². The zero-order valence-corrected chi connectivity index (χ0v) is 8.44. The molecule has 3 nitrogen and oxygen atoms in total. The molecular formula is C9H10N2OS. The highest BCUT2D eigenvalue weighted by Gasteiger charge is 2.27. The van der Waals surface area contributed by atoms with E-state index in [9.17, 15) is 4.79 Å². The first kappa shape index (κ1) is 8.44. The molecule has 0 unspecified atom stereocenters. The summed E-state index contributed by atoms with van der Waals surface area (Å²) < 4.78 is 0. The number of carbonyl (C=O) groups excluding carboxylic acids is 1. The Morgan fingerprint density at radius 2 is 2.31 bits per heavy atom. The van der Waals surface area contributed by atoms with Gasteiger partial charge >= 0.3 is 0 Å². The van der Waals surface area contributed by atoms with Gasteiger partial charge in [-0.2, -0.15) is 0 Å². The van der Waals surface area contributed by atoms with E-state index in [-0.39, 0.29) is 5.91 Å². The van der Waals surface area contributed by atoms with Crippen LogP contribution in [-0.2, 0) is 6.42 Å². The van der Waals surface area contributed by atoms with Crippen LogP contribution in [0.15, 0.2) is 12.3 Å². The first-order chi connectivity index (χ1) is 6.09. The second kappa shape index (κ2) is 2.67. The average molecular weight is 194 g/mol. The maximum Gasteiger partial charge on any atom is 0.277 e. The molecule has 0 atom stereocenters. The van der Waals surface area contributed by atoms with Gasteiger partial charge in [0, 0.05) is 24.0 Å². The van der Waals surface area contributed by atoms with Crippen LogP contribution in [-0.4, -0.2) is 22.8 Å².